The Kier molecular flexibility index (Phi) is 5.79. The molecule has 0 aliphatic heterocycles. The molecule has 2 atom stereocenters. The van der Waals surface area contributed by atoms with Crippen molar-refractivity contribution in [3.8, 4) is 5.75 Å². The molecule has 4 N–H and O–H groups in total. The SMILES string of the molecule is Cc1ccc(O)c([C@H](N)[C@H](O)C(C)C)c1.Cl. The summed E-state index contributed by atoms with van der Waals surface area (Å²) in [7, 11) is 0. The molecule has 0 spiro atoms. The summed E-state index contributed by atoms with van der Waals surface area (Å²) in [6, 6.07) is 4.70. The van der Waals surface area contributed by atoms with Gasteiger partial charge in [-0.3, -0.25) is 0 Å². The van der Waals surface area contributed by atoms with Gasteiger partial charge in [0.25, 0.3) is 0 Å². The summed E-state index contributed by atoms with van der Waals surface area (Å²) >= 11 is 0. The number of aliphatic hydroxyl groups is 1. The van der Waals surface area contributed by atoms with Crippen LogP contribution in [0.5, 0.6) is 5.75 Å². The average Bonchev–Trinajstić information content (AvgIpc) is 2.19. The molecule has 4 heteroatoms. The second-order valence-corrected chi connectivity index (χ2v) is 4.32. The van der Waals surface area contributed by atoms with Gasteiger partial charge in [0.1, 0.15) is 5.75 Å². The van der Waals surface area contributed by atoms with Crippen LogP contribution in [0.4, 0.5) is 0 Å². The molecule has 0 aliphatic rings. The van der Waals surface area contributed by atoms with Gasteiger partial charge in [0.2, 0.25) is 0 Å². The van der Waals surface area contributed by atoms with E-state index in [1.165, 1.54) is 0 Å². The second-order valence-electron chi connectivity index (χ2n) is 4.32. The minimum atomic E-state index is -0.641. The molecule has 1 aromatic carbocycles. The Hall–Kier alpha value is -0.770. The van der Waals surface area contributed by atoms with Crippen LogP contribution in [-0.2, 0) is 0 Å². The molecule has 0 saturated carbocycles. The van der Waals surface area contributed by atoms with Gasteiger partial charge in [-0.15, -0.1) is 12.4 Å². The minimum Gasteiger partial charge on any atom is -0.508 e. The van der Waals surface area contributed by atoms with Crippen LogP contribution in [0.15, 0.2) is 18.2 Å². The molecule has 0 saturated heterocycles. The smallest absolute Gasteiger partial charge is 0.120 e. The van der Waals surface area contributed by atoms with Crippen LogP contribution in [-0.4, -0.2) is 16.3 Å². The van der Waals surface area contributed by atoms with Gasteiger partial charge >= 0.3 is 0 Å². The molecule has 16 heavy (non-hydrogen) atoms. The molecule has 1 rings (SSSR count). The summed E-state index contributed by atoms with van der Waals surface area (Å²) in [6.45, 7) is 5.73. The fourth-order valence-corrected chi connectivity index (χ4v) is 1.54. The highest BCUT2D eigenvalue weighted by molar-refractivity contribution is 5.85. The van der Waals surface area contributed by atoms with Gasteiger partial charge in [-0.2, -0.15) is 0 Å². The van der Waals surface area contributed by atoms with E-state index in [4.69, 9.17) is 5.73 Å². The quantitative estimate of drug-likeness (QED) is 0.764. The second kappa shape index (κ2) is 6.09. The largest absolute Gasteiger partial charge is 0.508 e. The van der Waals surface area contributed by atoms with Crippen molar-refractivity contribution >= 4 is 12.4 Å². The Labute approximate surface area is 103 Å². The molecule has 0 radical (unpaired) electrons. The van der Waals surface area contributed by atoms with Crippen LogP contribution in [0, 0.1) is 12.8 Å². The number of hydrogen-bond donors (Lipinski definition) is 3. The van der Waals surface area contributed by atoms with Crippen LogP contribution in [0.1, 0.15) is 31.0 Å². The monoisotopic (exact) mass is 245 g/mol. The van der Waals surface area contributed by atoms with Crippen molar-refractivity contribution in [1.82, 2.24) is 0 Å². The van der Waals surface area contributed by atoms with Crippen molar-refractivity contribution in [2.45, 2.75) is 32.9 Å². The van der Waals surface area contributed by atoms with Gasteiger partial charge in [0.05, 0.1) is 12.1 Å². The zero-order chi connectivity index (χ0) is 11.6. The zero-order valence-electron chi connectivity index (χ0n) is 9.84. The number of phenols is 1. The summed E-state index contributed by atoms with van der Waals surface area (Å²) in [5.41, 5.74) is 7.53. The summed E-state index contributed by atoms with van der Waals surface area (Å²) in [4.78, 5) is 0. The highest BCUT2D eigenvalue weighted by atomic mass is 35.5. The first-order valence-electron chi connectivity index (χ1n) is 5.16. The summed E-state index contributed by atoms with van der Waals surface area (Å²) in [5.74, 6) is 0.215. The molecule has 92 valence electrons. The van der Waals surface area contributed by atoms with Gasteiger partial charge < -0.3 is 15.9 Å². The molecule has 0 aromatic heterocycles. The maximum absolute atomic E-state index is 9.83. The molecule has 0 fully saturated rings. The molecule has 0 amide bonds. The maximum Gasteiger partial charge on any atom is 0.120 e. The van der Waals surface area contributed by atoms with Crippen LogP contribution in [0.3, 0.4) is 0 Å². The molecule has 0 unspecified atom stereocenters. The standard InChI is InChI=1S/C12H19NO2.ClH/c1-7(2)12(15)11(13)9-6-8(3)4-5-10(9)14;/h4-7,11-12,14-15H,13H2,1-3H3;1H/t11-,12+;/m0./s1. The van der Waals surface area contributed by atoms with Gasteiger partial charge in [0, 0.05) is 5.56 Å². The first-order valence-corrected chi connectivity index (χ1v) is 5.16. The maximum atomic E-state index is 9.83. The van der Waals surface area contributed by atoms with E-state index in [9.17, 15) is 10.2 Å². The number of aryl methyl sites for hydroxylation is 1. The molecule has 0 heterocycles. The van der Waals surface area contributed by atoms with Gasteiger partial charge in [-0.25, -0.2) is 0 Å². The number of benzene rings is 1. The molecule has 0 bridgehead atoms. The number of rotatable bonds is 3. The fourth-order valence-electron chi connectivity index (χ4n) is 1.54. The molecule has 1 aromatic rings. The Morgan fingerprint density at radius 3 is 2.31 bits per heavy atom. The predicted octanol–water partition coefficient (Wildman–Crippen LogP) is 2.14. The Morgan fingerprint density at radius 1 is 1.25 bits per heavy atom. The Balaban J connectivity index is 0.00000225. The van der Waals surface area contributed by atoms with E-state index in [1.807, 2.05) is 32.9 Å². The fraction of sp³-hybridized carbons (Fsp3) is 0.500. The summed E-state index contributed by atoms with van der Waals surface area (Å²) in [6.07, 6.45) is -0.641. The molecular formula is C12H20ClNO2. The van der Waals surface area contributed by atoms with Crippen molar-refractivity contribution < 1.29 is 10.2 Å². The third-order valence-electron chi connectivity index (χ3n) is 2.59. The van der Waals surface area contributed by atoms with E-state index >= 15 is 0 Å². The van der Waals surface area contributed by atoms with Crippen LogP contribution in [0.25, 0.3) is 0 Å². The number of nitrogens with two attached hydrogens (primary N) is 1. The molecule has 0 aliphatic carbocycles. The van der Waals surface area contributed by atoms with Crippen LogP contribution >= 0.6 is 12.4 Å². The van der Waals surface area contributed by atoms with E-state index in [0.717, 1.165) is 5.56 Å². The lowest BCUT2D eigenvalue weighted by atomic mass is 9.93. The number of aromatic hydroxyl groups is 1. The predicted molar refractivity (Wildman–Crippen MR) is 67.9 cm³/mol. The highest BCUT2D eigenvalue weighted by Crippen LogP contribution is 2.27. The van der Waals surface area contributed by atoms with E-state index in [-0.39, 0.29) is 24.1 Å². The normalized spacial score (nSPS) is 14.4. The van der Waals surface area contributed by atoms with E-state index < -0.39 is 12.1 Å². The number of hydrogen-bond acceptors (Lipinski definition) is 3. The lowest BCUT2D eigenvalue weighted by Gasteiger charge is -2.23. The topological polar surface area (TPSA) is 66.5 Å². The highest BCUT2D eigenvalue weighted by Gasteiger charge is 2.22. The first-order chi connectivity index (χ1) is 6.93. The lowest BCUT2D eigenvalue weighted by molar-refractivity contribution is 0.0970. The number of phenolic OH excluding ortho intramolecular Hbond substituents is 1. The van der Waals surface area contributed by atoms with Crippen molar-refractivity contribution in [2.24, 2.45) is 11.7 Å². The molecule has 3 nitrogen and oxygen atoms in total. The van der Waals surface area contributed by atoms with Gasteiger partial charge in [-0.1, -0.05) is 31.5 Å². The van der Waals surface area contributed by atoms with Crippen LogP contribution in [0.2, 0.25) is 0 Å². The summed E-state index contributed by atoms with van der Waals surface area (Å²) in [5, 5.41) is 19.5. The first kappa shape index (κ1) is 15.2. The minimum absolute atomic E-state index is 0. The Morgan fingerprint density at radius 2 is 1.81 bits per heavy atom. The number of aliphatic hydroxyl groups excluding tert-OH is 1. The van der Waals surface area contributed by atoms with E-state index in [1.54, 1.807) is 6.07 Å². The summed E-state index contributed by atoms with van der Waals surface area (Å²) < 4.78 is 0. The van der Waals surface area contributed by atoms with Crippen molar-refractivity contribution in [1.29, 1.82) is 0 Å². The van der Waals surface area contributed by atoms with Gasteiger partial charge in [-0.05, 0) is 18.9 Å². The van der Waals surface area contributed by atoms with Gasteiger partial charge in [0.15, 0.2) is 0 Å². The lowest BCUT2D eigenvalue weighted by Crippen LogP contribution is -2.30. The van der Waals surface area contributed by atoms with Crippen molar-refractivity contribution in [3.05, 3.63) is 29.3 Å². The number of halogens is 1. The van der Waals surface area contributed by atoms with Crippen LogP contribution < -0.4 is 5.73 Å². The third-order valence-corrected chi connectivity index (χ3v) is 2.59. The van der Waals surface area contributed by atoms with Crippen molar-refractivity contribution in [2.75, 3.05) is 0 Å². The zero-order valence-corrected chi connectivity index (χ0v) is 10.7. The van der Waals surface area contributed by atoms with E-state index in [2.05, 4.69) is 0 Å². The molecular weight excluding hydrogens is 226 g/mol. The Bertz CT molecular complexity index is 342. The third kappa shape index (κ3) is 3.37. The van der Waals surface area contributed by atoms with E-state index in [0.29, 0.717) is 5.56 Å². The van der Waals surface area contributed by atoms with Crippen molar-refractivity contribution in [3.63, 3.8) is 0 Å². The average molecular weight is 246 g/mol.